The lowest BCUT2D eigenvalue weighted by atomic mass is 10.2. The van der Waals surface area contributed by atoms with Gasteiger partial charge in [0.2, 0.25) is 0 Å². The number of hydrogen-bond donors (Lipinski definition) is 0. The lowest BCUT2D eigenvalue weighted by molar-refractivity contribution is -0.385. The summed E-state index contributed by atoms with van der Waals surface area (Å²) in [7, 11) is 0. The van der Waals surface area contributed by atoms with E-state index < -0.39 is 17.2 Å². The van der Waals surface area contributed by atoms with Crippen LogP contribution in [0.5, 0.6) is 0 Å². The van der Waals surface area contributed by atoms with Crippen LogP contribution in [0.3, 0.4) is 0 Å². The number of alkyl halides is 3. The SMILES string of the molecule is CC(OCc1cccc([N+](=O)[O-])c1Br)C(F)(F)F. The van der Waals surface area contributed by atoms with E-state index in [4.69, 9.17) is 0 Å². The van der Waals surface area contributed by atoms with E-state index >= 15 is 0 Å². The Kier molecular flexibility index (Phi) is 4.69. The summed E-state index contributed by atoms with van der Waals surface area (Å²) in [6.45, 7) is 0.522. The molecule has 0 spiro atoms. The Hall–Kier alpha value is -1.15. The summed E-state index contributed by atoms with van der Waals surface area (Å²) in [5.41, 5.74) is 0.0797. The summed E-state index contributed by atoms with van der Waals surface area (Å²) in [5.74, 6) is 0. The maximum Gasteiger partial charge on any atom is 0.414 e. The summed E-state index contributed by atoms with van der Waals surface area (Å²) in [6, 6.07) is 4.10. The minimum Gasteiger partial charge on any atom is -0.364 e. The van der Waals surface area contributed by atoms with E-state index in [1.54, 1.807) is 0 Å². The Bertz CT molecular complexity index is 450. The van der Waals surface area contributed by atoms with Crippen LogP contribution in [0.25, 0.3) is 0 Å². The van der Waals surface area contributed by atoms with E-state index in [9.17, 15) is 23.3 Å². The average Bonchev–Trinajstić information content (AvgIpc) is 2.25. The first-order valence-electron chi connectivity index (χ1n) is 4.83. The molecule has 0 aliphatic rings. The fourth-order valence-electron chi connectivity index (χ4n) is 1.13. The third kappa shape index (κ3) is 3.67. The van der Waals surface area contributed by atoms with Gasteiger partial charge in [0, 0.05) is 6.07 Å². The molecular weight excluding hydrogens is 319 g/mol. The van der Waals surface area contributed by atoms with E-state index in [0.717, 1.165) is 6.92 Å². The highest BCUT2D eigenvalue weighted by atomic mass is 79.9. The second-order valence-corrected chi connectivity index (χ2v) is 4.30. The molecule has 0 saturated carbocycles. The van der Waals surface area contributed by atoms with Crippen LogP contribution in [0.15, 0.2) is 22.7 Å². The predicted molar refractivity (Wildman–Crippen MR) is 61.1 cm³/mol. The van der Waals surface area contributed by atoms with Crippen molar-refractivity contribution in [3.8, 4) is 0 Å². The molecule has 8 heteroatoms. The van der Waals surface area contributed by atoms with Gasteiger partial charge in [-0.15, -0.1) is 0 Å². The summed E-state index contributed by atoms with van der Waals surface area (Å²) in [4.78, 5) is 10.0. The van der Waals surface area contributed by atoms with Crippen LogP contribution in [0, 0.1) is 10.1 Å². The number of hydrogen-bond acceptors (Lipinski definition) is 3. The summed E-state index contributed by atoms with van der Waals surface area (Å²) < 4.78 is 41.4. The number of ether oxygens (including phenoxy) is 1. The summed E-state index contributed by atoms with van der Waals surface area (Å²) in [6.07, 6.45) is -6.38. The van der Waals surface area contributed by atoms with Gasteiger partial charge in [-0.2, -0.15) is 13.2 Å². The van der Waals surface area contributed by atoms with Crippen molar-refractivity contribution in [3.05, 3.63) is 38.3 Å². The topological polar surface area (TPSA) is 52.4 Å². The zero-order chi connectivity index (χ0) is 13.9. The van der Waals surface area contributed by atoms with Crippen molar-refractivity contribution >= 4 is 21.6 Å². The molecular formula is C10H9BrF3NO3. The molecule has 0 amide bonds. The van der Waals surface area contributed by atoms with E-state index in [1.165, 1.54) is 18.2 Å². The smallest absolute Gasteiger partial charge is 0.364 e. The Balaban J connectivity index is 2.81. The van der Waals surface area contributed by atoms with Crippen LogP contribution in [-0.4, -0.2) is 17.2 Å². The number of halogens is 4. The van der Waals surface area contributed by atoms with Crippen molar-refractivity contribution < 1.29 is 22.8 Å². The lowest BCUT2D eigenvalue weighted by Crippen LogP contribution is -2.28. The molecule has 18 heavy (non-hydrogen) atoms. The van der Waals surface area contributed by atoms with Crippen molar-refractivity contribution in [1.29, 1.82) is 0 Å². The van der Waals surface area contributed by atoms with Gasteiger partial charge in [-0.05, 0) is 28.4 Å². The normalized spacial score (nSPS) is 13.4. The highest BCUT2D eigenvalue weighted by molar-refractivity contribution is 9.10. The molecule has 0 N–H and O–H groups in total. The number of rotatable bonds is 4. The Morgan fingerprint density at radius 3 is 2.61 bits per heavy atom. The largest absolute Gasteiger partial charge is 0.414 e. The first kappa shape index (κ1) is 14.9. The highest BCUT2D eigenvalue weighted by Gasteiger charge is 2.37. The molecule has 0 radical (unpaired) electrons. The second-order valence-electron chi connectivity index (χ2n) is 3.50. The van der Waals surface area contributed by atoms with Crippen molar-refractivity contribution in [3.63, 3.8) is 0 Å². The zero-order valence-corrected chi connectivity index (χ0v) is 10.8. The quantitative estimate of drug-likeness (QED) is 0.624. The fraction of sp³-hybridized carbons (Fsp3) is 0.400. The molecule has 0 fully saturated rings. The van der Waals surface area contributed by atoms with E-state index in [0.29, 0.717) is 5.56 Å². The zero-order valence-electron chi connectivity index (χ0n) is 9.20. The van der Waals surface area contributed by atoms with Gasteiger partial charge in [-0.25, -0.2) is 0 Å². The third-order valence-corrected chi connectivity index (χ3v) is 3.12. The minimum absolute atomic E-state index is 0.129. The van der Waals surface area contributed by atoms with Crippen molar-refractivity contribution in [2.45, 2.75) is 25.8 Å². The maximum atomic E-state index is 12.2. The van der Waals surface area contributed by atoms with Gasteiger partial charge in [-0.3, -0.25) is 10.1 Å². The molecule has 0 heterocycles. The number of benzene rings is 1. The van der Waals surface area contributed by atoms with Gasteiger partial charge in [-0.1, -0.05) is 12.1 Å². The van der Waals surface area contributed by atoms with Gasteiger partial charge >= 0.3 is 6.18 Å². The summed E-state index contributed by atoms with van der Waals surface area (Å²) in [5, 5.41) is 10.6. The monoisotopic (exact) mass is 327 g/mol. The second kappa shape index (κ2) is 5.66. The van der Waals surface area contributed by atoms with Crippen LogP contribution in [0.1, 0.15) is 12.5 Å². The number of nitro groups is 1. The Morgan fingerprint density at radius 1 is 1.50 bits per heavy atom. The lowest BCUT2D eigenvalue weighted by Gasteiger charge is -2.16. The molecule has 1 atom stereocenters. The number of nitrogens with zero attached hydrogens (tertiary/aromatic N) is 1. The third-order valence-electron chi connectivity index (χ3n) is 2.20. The fourth-order valence-corrected chi connectivity index (χ4v) is 1.65. The molecule has 0 aliphatic heterocycles. The van der Waals surface area contributed by atoms with Gasteiger partial charge < -0.3 is 4.74 Å². The van der Waals surface area contributed by atoms with Gasteiger partial charge in [0.1, 0.15) is 4.47 Å². The molecule has 1 rings (SSSR count). The molecule has 4 nitrogen and oxygen atoms in total. The molecule has 1 aromatic rings. The van der Waals surface area contributed by atoms with Crippen LogP contribution >= 0.6 is 15.9 Å². The van der Waals surface area contributed by atoms with E-state index in [-0.39, 0.29) is 16.8 Å². The first-order valence-corrected chi connectivity index (χ1v) is 5.63. The van der Waals surface area contributed by atoms with Crippen LogP contribution in [0.4, 0.5) is 18.9 Å². The highest BCUT2D eigenvalue weighted by Crippen LogP contribution is 2.30. The Labute approximate surface area is 109 Å². The van der Waals surface area contributed by atoms with Gasteiger partial charge in [0.25, 0.3) is 5.69 Å². The number of nitro benzene ring substituents is 1. The first-order chi connectivity index (χ1) is 8.23. The van der Waals surface area contributed by atoms with Gasteiger partial charge in [0.15, 0.2) is 6.10 Å². The molecule has 1 aromatic carbocycles. The van der Waals surface area contributed by atoms with Crippen molar-refractivity contribution in [1.82, 2.24) is 0 Å². The molecule has 0 bridgehead atoms. The molecule has 100 valence electrons. The minimum atomic E-state index is -4.45. The van der Waals surface area contributed by atoms with Crippen molar-refractivity contribution in [2.24, 2.45) is 0 Å². The molecule has 1 unspecified atom stereocenters. The average molecular weight is 328 g/mol. The van der Waals surface area contributed by atoms with Gasteiger partial charge in [0.05, 0.1) is 11.5 Å². The van der Waals surface area contributed by atoms with E-state index in [2.05, 4.69) is 20.7 Å². The Morgan fingerprint density at radius 2 is 2.11 bits per heavy atom. The molecule has 0 saturated heterocycles. The van der Waals surface area contributed by atoms with Crippen molar-refractivity contribution in [2.75, 3.05) is 0 Å². The van der Waals surface area contributed by atoms with Crippen LogP contribution < -0.4 is 0 Å². The molecule has 0 aliphatic carbocycles. The van der Waals surface area contributed by atoms with E-state index in [1.807, 2.05) is 0 Å². The summed E-state index contributed by atoms with van der Waals surface area (Å²) >= 11 is 2.98. The predicted octanol–water partition coefficient (Wildman–Crippen LogP) is 3.82. The maximum absolute atomic E-state index is 12.2. The van der Waals surface area contributed by atoms with Crippen LogP contribution in [-0.2, 0) is 11.3 Å². The standard InChI is InChI=1S/C10H9BrF3NO3/c1-6(10(12,13)14)18-5-7-3-2-4-8(9(7)11)15(16)17/h2-4,6H,5H2,1H3. The van der Waals surface area contributed by atoms with Crippen LogP contribution in [0.2, 0.25) is 0 Å². The molecule has 0 aromatic heterocycles.